The molecule has 1 aromatic carbocycles. The first kappa shape index (κ1) is 9.19. The van der Waals surface area contributed by atoms with Crippen molar-refractivity contribution in [1.29, 1.82) is 0 Å². The summed E-state index contributed by atoms with van der Waals surface area (Å²) < 4.78 is 5.20. The molecule has 0 spiro atoms. The zero-order valence-electron chi connectivity index (χ0n) is 8.71. The van der Waals surface area contributed by atoms with Crippen molar-refractivity contribution < 1.29 is 4.74 Å². The van der Waals surface area contributed by atoms with Crippen molar-refractivity contribution in [2.24, 2.45) is 0 Å². The molecule has 1 N–H and O–H groups in total. The standard InChI is InChI=1S/C11H16N2O/c1-13-7-3-6-12-10-8-9(14-2)4-5-11(10)13/h4-5,8,12H,3,6-7H2,1-2H3. The van der Waals surface area contributed by atoms with Crippen molar-refractivity contribution in [1.82, 2.24) is 0 Å². The van der Waals surface area contributed by atoms with Crippen molar-refractivity contribution in [3.05, 3.63) is 18.2 Å². The van der Waals surface area contributed by atoms with Gasteiger partial charge in [0.1, 0.15) is 5.75 Å². The van der Waals surface area contributed by atoms with Crippen molar-refractivity contribution >= 4 is 11.4 Å². The Hall–Kier alpha value is -1.38. The molecule has 0 aromatic heterocycles. The van der Waals surface area contributed by atoms with Crippen LogP contribution >= 0.6 is 0 Å². The van der Waals surface area contributed by atoms with Crippen molar-refractivity contribution in [2.45, 2.75) is 6.42 Å². The summed E-state index contributed by atoms with van der Waals surface area (Å²) in [5, 5.41) is 3.41. The van der Waals surface area contributed by atoms with E-state index in [1.165, 1.54) is 17.8 Å². The van der Waals surface area contributed by atoms with Gasteiger partial charge >= 0.3 is 0 Å². The van der Waals surface area contributed by atoms with Gasteiger partial charge < -0.3 is 15.0 Å². The lowest BCUT2D eigenvalue weighted by molar-refractivity contribution is 0.415. The Morgan fingerprint density at radius 2 is 2.29 bits per heavy atom. The SMILES string of the molecule is COc1ccc2c(c1)NCCCN2C. The lowest BCUT2D eigenvalue weighted by Gasteiger charge is -2.18. The third kappa shape index (κ3) is 1.62. The van der Waals surface area contributed by atoms with E-state index < -0.39 is 0 Å². The summed E-state index contributed by atoms with van der Waals surface area (Å²) in [5.41, 5.74) is 2.42. The maximum atomic E-state index is 5.20. The lowest BCUT2D eigenvalue weighted by atomic mass is 10.2. The molecule has 0 amide bonds. The van der Waals surface area contributed by atoms with Gasteiger partial charge in [-0.15, -0.1) is 0 Å². The smallest absolute Gasteiger partial charge is 0.121 e. The molecule has 0 bridgehead atoms. The fourth-order valence-electron chi connectivity index (χ4n) is 1.78. The third-order valence-corrected chi connectivity index (χ3v) is 2.60. The van der Waals surface area contributed by atoms with Crippen molar-refractivity contribution in [2.75, 3.05) is 37.5 Å². The van der Waals surface area contributed by atoms with Crippen LogP contribution in [0.15, 0.2) is 18.2 Å². The molecule has 2 rings (SSSR count). The molecule has 3 heteroatoms. The maximum absolute atomic E-state index is 5.20. The Balaban J connectivity index is 2.38. The van der Waals surface area contributed by atoms with Gasteiger partial charge in [0, 0.05) is 26.2 Å². The first-order valence-electron chi connectivity index (χ1n) is 4.94. The summed E-state index contributed by atoms with van der Waals surface area (Å²) in [6.07, 6.45) is 1.17. The van der Waals surface area contributed by atoms with E-state index in [2.05, 4.69) is 29.4 Å². The Bertz CT molecular complexity index is 325. The van der Waals surface area contributed by atoms with Crippen LogP contribution in [0.25, 0.3) is 0 Å². The second kappa shape index (κ2) is 3.78. The van der Waals surface area contributed by atoms with E-state index in [0.29, 0.717) is 0 Å². The van der Waals surface area contributed by atoms with E-state index in [0.717, 1.165) is 18.8 Å². The zero-order chi connectivity index (χ0) is 9.97. The van der Waals surface area contributed by atoms with Gasteiger partial charge in [-0.25, -0.2) is 0 Å². The highest BCUT2D eigenvalue weighted by molar-refractivity contribution is 5.72. The van der Waals surface area contributed by atoms with Gasteiger partial charge in [0.05, 0.1) is 18.5 Å². The topological polar surface area (TPSA) is 24.5 Å². The number of nitrogens with one attached hydrogen (secondary N) is 1. The summed E-state index contributed by atoms with van der Waals surface area (Å²) in [5.74, 6) is 0.909. The highest BCUT2D eigenvalue weighted by Crippen LogP contribution is 2.30. The molecular formula is C11H16N2O. The fourth-order valence-corrected chi connectivity index (χ4v) is 1.78. The number of ether oxygens (including phenoxy) is 1. The van der Waals surface area contributed by atoms with E-state index in [-0.39, 0.29) is 0 Å². The normalized spacial score (nSPS) is 15.4. The van der Waals surface area contributed by atoms with E-state index in [1.807, 2.05) is 6.07 Å². The Labute approximate surface area is 84.7 Å². The first-order valence-corrected chi connectivity index (χ1v) is 4.94. The maximum Gasteiger partial charge on any atom is 0.121 e. The van der Waals surface area contributed by atoms with Gasteiger partial charge in [0.15, 0.2) is 0 Å². The molecule has 14 heavy (non-hydrogen) atoms. The van der Waals surface area contributed by atoms with E-state index in [4.69, 9.17) is 4.74 Å². The third-order valence-electron chi connectivity index (χ3n) is 2.60. The van der Waals surface area contributed by atoms with Crippen LogP contribution < -0.4 is 15.0 Å². The first-order chi connectivity index (χ1) is 6.81. The van der Waals surface area contributed by atoms with Gasteiger partial charge in [0.2, 0.25) is 0 Å². The minimum atomic E-state index is 0.909. The molecule has 0 saturated heterocycles. The summed E-state index contributed by atoms with van der Waals surface area (Å²) in [4.78, 5) is 2.27. The molecule has 0 atom stereocenters. The summed E-state index contributed by atoms with van der Waals surface area (Å²) in [6.45, 7) is 2.14. The largest absolute Gasteiger partial charge is 0.497 e. The molecule has 0 aliphatic carbocycles. The monoisotopic (exact) mass is 192 g/mol. The molecule has 1 aliphatic rings. The average molecular weight is 192 g/mol. The Morgan fingerprint density at radius 1 is 1.43 bits per heavy atom. The Morgan fingerprint density at radius 3 is 3.07 bits per heavy atom. The molecular weight excluding hydrogens is 176 g/mol. The van der Waals surface area contributed by atoms with Gasteiger partial charge in [0.25, 0.3) is 0 Å². The van der Waals surface area contributed by atoms with E-state index in [9.17, 15) is 0 Å². The minimum absolute atomic E-state index is 0.909. The van der Waals surface area contributed by atoms with E-state index >= 15 is 0 Å². The average Bonchev–Trinajstić information content (AvgIpc) is 2.40. The van der Waals surface area contributed by atoms with Gasteiger partial charge in [-0.1, -0.05) is 0 Å². The quantitative estimate of drug-likeness (QED) is 0.736. The van der Waals surface area contributed by atoms with Crippen LogP contribution in [0.1, 0.15) is 6.42 Å². The van der Waals surface area contributed by atoms with Crippen LogP contribution in [0.3, 0.4) is 0 Å². The number of anilines is 2. The van der Waals surface area contributed by atoms with Crippen molar-refractivity contribution in [3.63, 3.8) is 0 Å². The number of rotatable bonds is 1. The minimum Gasteiger partial charge on any atom is -0.497 e. The number of hydrogen-bond donors (Lipinski definition) is 1. The fraction of sp³-hybridized carbons (Fsp3) is 0.455. The number of fused-ring (bicyclic) bond motifs is 1. The molecule has 1 heterocycles. The highest BCUT2D eigenvalue weighted by atomic mass is 16.5. The van der Waals surface area contributed by atoms with Crippen LogP contribution in [0.5, 0.6) is 5.75 Å². The predicted octanol–water partition coefficient (Wildman–Crippen LogP) is 1.95. The molecule has 0 unspecified atom stereocenters. The summed E-state index contributed by atoms with van der Waals surface area (Å²) in [6, 6.07) is 6.16. The Kier molecular flexibility index (Phi) is 2.48. The van der Waals surface area contributed by atoms with Gasteiger partial charge in [-0.05, 0) is 18.6 Å². The zero-order valence-corrected chi connectivity index (χ0v) is 8.71. The van der Waals surface area contributed by atoms with Crippen LogP contribution in [0, 0.1) is 0 Å². The van der Waals surface area contributed by atoms with Crippen LogP contribution in [0.4, 0.5) is 11.4 Å². The molecule has 0 radical (unpaired) electrons. The van der Waals surface area contributed by atoms with E-state index in [1.54, 1.807) is 7.11 Å². The molecule has 0 saturated carbocycles. The lowest BCUT2D eigenvalue weighted by Crippen LogP contribution is -2.17. The van der Waals surface area contributed by atoms with Gasteiger partial charge in [-0.2, -0.15) is 0 Å². The number of hydrogen-bond acceptors (Lipinski definition) is 3. The molecule has 76 valence electrons. The predicted molar refractivity (Wildman–Crippen MR) is 59.4 cm³/mol. The molecule has 1 aromatic rings. The molecule has 1 aliphatic heterocycles. The van der Waals surface area contributed by atoms with Crippen LogP contribution in [-0.2, 0) is 0 Å². The second-order valence-electron chi connectivity index (χ2n) is 3.58. The van der Waals surface area contributed by atoms with Crippen LogP contribution in [0.2, 0.25) is 0 Å². The van der Waals surface area contributed by atoms with Crippen molar-refractivity contribution in [3.8, 4) is 5.75 Å². The number of nitrogens with zero attached hydrogens (tertiary/aromatic N) is 1. The number of benzene rings is 1. The molecule has 3 nitrogen and oxygen atoms in total. The number of methoxy groups -OCH3 is 1. The summed E-state index contributed by atoms with van der Waals surface area (Å²) >= 11 is 0. The second-order valence-corrected chi connectivity index (χ2v) is 3.58. The van der Waals surface area contributed by atoms with Crippen LogP contribution in [-0.4, -0.2) is 27.2 Å². The highest BCUT2D eigenvalue weighted by Gasteiger charge is 2.11. The van der Waals surface area contributed by atoms with Gasteiger partial charge in [-0.3, -0.25) is 0 Å². The summed E-state index contributed by atoms with van der Waals surface area (Å²) in [7, 11) is 3.82. The molecule has 0 fully saturated rings.